The van der Waals surface area contributed by atoms with E-state index < -0.39 is 15.9 Å². The zero-order chi connectivity index (χ0) is 21.7. The number of hydrogen-bond acceptors (Lipinski definition) is 5. The van der Waals surface area contributed by atoms with Crippen LogP contribution in [0.1, 0.15) is 58.4 Å². The van der Waals surface area contributed by atoms with Crippen molar-refractivity contribution in [1.29, 1.82) is 5.26 Å². The van der Waals surface area contributed by atoms with Gasteiger partial charge in [-0.3, -0.25) is 4.79 Å². The van der Waals surface area contributed by atoms with Crippen molar-refractivity contribution in [2.75, 3.05) is 6.54 Å². The quantitative estimate of drug-likeness (QED) is 0.704. The van der Waals surface area contributed by atoms with Gasteiger partial charge in [-0.1, -0.05) is 20.8 Å². The number of hydrogen-bond donors (Lipinski definition) is 1. The number of nitrogens with zero attached hydrogens (tertiary/aromatic N) is 3. The predicted molar refractivity (Wildman–Crippen MR) is 113 cm³/mol. The zero-order valence-corrected chi connectivity index (χ0v) is 18.5. The first-order valence-corrected chi connectivity index (χ1v) is 11.9. The number of sulfonamides is 1. The summed E-state index contributed by atoms with van der Waals surface area (Å²) in [4.78, 5) is 12.7. The zero-order valence-electron chi connectivity index (χ0n) is 17.7. The molecule has 3 aliphatic rings. The van der Waals surface area contributed by atoms with Crippen molar-refractivity contribution in [1.82, 2.24) is 9.73 Å². The molecule has 1 aromatic rings. The molecule has 30 heavy (non-hydrogen) atoms. The minimum Gasteiger partial charge on any atom is -0.272 e. The number of rotatable bonds is 6. The van der Waals surface area contributed by atoms with E-state index in [2.05, 4.69) is 31.3 Å². The molecule has 0 radical (unpaired) electrons. The van der Waals surface area contributed by atoms with Crippen LogP contribution in [-0.2, 0) is 14.8 Å². The van der Waals surface area contributed by atoms with Crippen LogP contribution in [-0.4, -0.2) is 36.9 Å². The lowest BCUT2D eigenvalue weighted by Gasteiger charge is -2.34. The van der Waals surface area contributed by atoms with Crippen LogP contribution in [0.15, 0.2) is 34.3 Å². The first-order valence-electron chi connectivity index (χ1n) is 10.5. The molecule has 1 amide bonds. The van der Waals surface area contributed by atoms with Gasteiger partial charge in [-0.05, 0) is 67.7 Å². The Kier molecular flexibility index (Phi) is 5.02. The average Bonchev–Trinajstić information content (AvgIpc) is 3.50. The second kappa shape index (κ2) is 7.17. The van der Waals surface area contributed by atoms with E-state index in [0.717, 1.165) is 31.4 Å². The molecule has 7 nitrogen and oxygen atoms in total. The Morgan fingerprint density at radius 2 is 1.90 bits per heavy atom. The summed E-state index contributed by atoms with van der Waals surface area (Å²) in [5, 5.41) is 13.4. The molecule has 3 saturated carbocycles. The van der Waals surface area contributed by atoms with E-state index in [9.17, 15) is 13.2 Å². The third kappa shape index (κ3) is 3.34. The molecule has 0 heterocycles. The van der Waals surface area contributed by atoms with Crippen molar-refractivity contribution in [3.8, 4) is 6.07 Å². The summed E-state index contributed by atoms with van der Waals surface area (Å²) in [5.41, 5.74) is 4.18. The van der Waals surface area contributed by atoms with Gasteiger partial charge in [-0.15, -0.1) is 0 Å². The molecule has 3 aliphatic carbocycles. The van der Waals surface area contributed by atoms with Gasteiger partial charge in [0.25, 0.3) is 5.91 Å². The number of fused-ring (bicyclic) bond motifs is 2. The highest BCUT2D eigenvalue weighted by Crippen LogP contribution is 2.63. The van der Waals surface area contributed by atoms with Crippen molar-refractivity contribution < 1.29 is 13.2 Å². The van der Waals surface area contributed by atoms with Gasteiger partial charge >= 0.3 is 0 Å². The summed E-state index contributed by atoms with van der Waals surface area (Å²) in [5.74, 6) is 0.161. The van der Waals surface area contributed by atoms with Crippen molar-refractivity contribution >= 4 is 21.6 Å². The summed E-state index contributed by atoms with van der Waals surface area (Å²) < 4.78 is 27.4. The van der Waals surface area contributed by atoms with Gasteiger partial charge in [-0.25, -0.2) is 13.8 Å². The molecule has 0 aliphatic heterocycles. The molecule has 1 N–H and O–H groups in total. The van der Waals surface area contributed by atoms with E-state index in [0.29, 0.717) is 11.5 Å². The van der Waals surface area contributed by atoms with E-state index in [4.69, 9.17) is 5.26 Å². The first kappa shape index (κ1) is 21.0. The highest BCUT2D eigenvalue weighted by molar-refractivity contribution is 7.89. The van der Waals surface area contributed by atoms with Gasteiger partial charge < -0.3 is 0 Å². The van der Waals surface area contributed by atoms with Gasteiger partial charge in [0.1, 0.15) is 0 Å². The number of amides is 1. The summed E-state index contributed by atoms with van der Waals surface area (Å²) in [7, 11) is -3.82. The Hall–Kier alpha value is -2.24. The normalized spacial score (nSPS) is 28.6. The fraction of sp³-hybridized carbons (Fsp3) is 0.591. The van der Waals surface area contributed by atoms with E-state index in [1.54, 1.807) is 0 Å². The molecule has 1 aromatic carbocycles. The standard InChI is InChI=1S/C22H28N4O3S/c1-21(2)16-10-11-22(21,3)19(12-16)24-25-20(27)14-26(17-6-7-17)30(28,29)18-8-4-15(13-23)5-9-18/h4-5,8-9,16-17H,6-7,10-12,14H2,1-3H3,(H,25,27). The SMILES string of the molecule is CC12CCC(CC1=NNC(=O)CN(C1CC1)S(=O)(=O)c1ccc(C#N)cc1)C2(C)C. The van der Waals surface area contributed by atoms with E-state index in [1.807, 2.05) is 6.07 Å². The van der Waals surface area contributed by atoms with Crippen LogP contribution in [0.2, 0.25) is 0 Å². The van der Waals surface area contributed by atoms with Crippen LogP contribution in [0.3, 0.4) is 0 Å². The van der Waals surface area contributed by atoms with Gasteiger partial charge in [0, 0.05) is 17.2 Å². The van der Waals surface area contributed by atoms with Crippen LogP contribution < -0.4 is 5.43 Å². The second-order valence-electron chi connectivity index (χ2n) is 9.50. The van der Waals surface area contributed by atoms with Crippen molar-refractivity contribution in [3.63, 3.8) is 0 Å². The molecular weight excluding hydrogens is 400 g/mol. The number of carbonyl (C=O) groups excluding carboxylic acids is 1. The number of hydrazone groups is 1. The largest absolute Gasteiger partial charge is 0.272 e. The Morgan fingerprint density at radius 3 is 2.40 bits per heavy atom. The Labute approximate surface area is 178 Å². The van der Waals surface area contributed by atoms with Gasteiger partial charge in [-0.2, -0.15) is 14.7 Å². The third-order valence-electron chi connectivity index (χ3n) is 7.67. The second-order valence-corrected chi connectivity index (χ2v) is 11.4. The molecule has 0 saturated heterocycles. The Bertz CT molecular complexity index is 1040. The molecule has 0 aromatic heterocycles. The van der Waals surface area contributed by atoms with Crippen LogP contribution >= 0.6 is 0 Å². The van der Waals surface area contributed by atoms with E-state index in [1.165, 1.54) is 35.0 Å². The van der Waals surface area contributed by atoms with Crippen LogP contribution in [0.4, 0.5) is 0 Å². The fourth-order valence-corrected chi connectivity index (χ4v) is 6.66. The topological polar surface area (TPSA) is 103 Å². The first-order chi connectivity index (χ1) is 14.1. The summed E-state index contributed by atoms with van der Waals surface area (Å²) in [6.45, 7) is 6.51. The highest BCUT2D eigenvalue weighted by Gasteiger charge is 2.60. The van der Waals surface area contributed by atoms with Crippen LogP contribution in [0.25, 0.3) is 0 Å². The molecular formula is C22H28N4O3S. The molecule has 2 unspecified atom stereocenters. The average molecular weight is 429 g/mol. The maximum absolute atomic E-state index is 13.1. The molecule has 2 atom stereocenters. The maximum Gasteiger partial charge on any atom is 0.255 e. The van der Waals surface area contributed by atoms with Crippen molar-refractivity contribution in [3.05, 3.63) is 29.8 Å². The Morgan fingerprint density at radius 1 is 1.23 bits per heavy atom. The summed E-state index contributed by atoms with van der Waals surface area (Å²) >= 11 is 0. The molecule has 0 spiro atoms. The lowest BCUT2D eigenvalue weighted by Crippen LogP contribution is -2.41. The van der Waals surface area contributed by atoms with Gasteiger partial charge in [0.2, 0.25) is 10.0 Å². The molecule has 4 rings (SSSR count). The van der Waals surface area contributed by atoms with Crippen molar-refractivity contribution in [2.45, 2.75) is 63.8 Å². The minimum atomic E-state index is -3.82. The number of nitrogens with one attached hydrogen (secondary N) is 1. The minimum absolute atomic E-state index is 0.0182. The maximum atomic E-state index is 13.1. The molecule has 2 bridgehead atoms. The highest BCUT2D eigenvalue weighted by atomic mass is 32.2. The van der Waals surface area contributed by atoms with E-state index in [-0.39, 0.29) is 28.3 Å². The van der Waals surface area contributed by atoms with Crippen LogP contribution in [0.5, 0.6) is 0 Å². The molecule has 160 valence electrons. The smallest absolute Gasteiger partial charge is 0.255 e. The monoisotopic (exact) mass is 428 g/mol. The Balaban J connectivity index is 1.48. The number of carbonyl (C=O) groups is 1. The lowest BCUT2D eigenvalue weighted by atomic mass is 9.70. The number of benzene rings is 1. The van der Waals surface area contributed by atoms with E-state index >= 15 is 0 Å². The third-order valence-corrected chi connectivity index (χ3v) is 9.58. The van der Waals surface area contributed by atoms with Crippen LogP contribution in [0, 0.1) is 28.1 Å². The number of nitriles is 1. The van der Waals surface area contributed by atoms with Crippen molar-refractivity contribution in [2.24, 2.45) is 21.8 Å². The predicted octanol–water partition coefficient (Wildman–Crippen LogP) is 3.03. The van der Waals surface area contributed by atoms with Gasteiger partial charge in [0.05, 0.1) is 23.1 Å². The fourth-order valence-electron chi connectivity index (χ4n) is 5.01. The molecule has 3 fully saturated rings. The summed E-state index contributed by atoms with van der Waals surface area (Å²) in [6, 6.07) is 7.59. The summed E-state index contributed by atoms with van der Waals surface area (Å²) in [6.07, 6.45) is 4.63. The van der Waals surface area contributed by atoms with Gasteiger partial charge in [0.15, 0.2) is 0 Å². The lowest BCUT2D eigenvalue weighted by molar-refractivity contribution is -0.121. The molecule has 8 heteroatoms.